The summed E-state index contributed by atoms with van der Waals surface area (Å²) in [7, 11) is 0. The van der Waals surface area contributed by atoms with E-state index in [0.717, 1.165) is 19.3 Å². The van der Waals surface area contributed by atoms with E-state index in [0.29, 0.717) is 0 Å². The van der Waals surface area contributed by atoms with Crippen LogP contribution in [0.2, 0.25) is 0 Å². The minimum Gasteiger partial charge on any atom is -0.356 e. The zero-order valence-corrected chi connectivity index (χ0v) is 7.06. The number of hydrogen-bond acceptors (Lipinski definition) is 2. The monoisotopic (exact) mass is 174 g/mol. The zero-order chi connectivity index (χ0) is 7.90. The molecule has 0 bridgehead atoms. The molecule has 11 heavy (non-hydrogen) atoms. The minimum atomic E-state index is -0.544. The number of halogens is 1. The van der Waals surface area contributed by atoms with Crippen LogP contribution in [-0.2, 0) is 9.53 Å². The number of carbonyl (C=O) groups is 1. The standard InChI is InChI=1S/C8H11ClO2/c9-7(10)8-5-3-1-2-4-6(8)11-8/h6H,1-5H2. The van der Waals surface area contributed by atoms with Gasteiger partial charge in [0.15, 0.2) is 5.60 Å². The van der Waals surface area contributed by atoms with Gasteiger partial charge in [0.1, 0.15) is 0 Å². The number of carbonyl (C=O) groups excluding carboxylic acids is 1. The molecule has 1 heterocycles. The van der Waals surface area contributed by atoms with Gasteiger partial charge in [-0.05, 0) is 30.9 Å². The van der Waals surface area contributed by atoms with E-state index in [4.69, 9.17) is 16.3 Å². The molecule has 2 unspecified atom stereocenters. The number of fused-ring (bicyclic) bond motifs is 1. The first-order valence-electron chi connectivity index (χ1n) is 4.13. The molecule has 1 aliphatic carbocycles. The summed E-state index contributed by atoms with van der Waals surface area (Å²) in [6.07, 6.45) is 5.46. The Hall–Kier alpha value is -0.0800. The molecular formula is C8H11ClO2. The number of hydrogen-bond donors (Lipinski definition) is 0. The van der Waals surface area contributed by atoms with Gasteiger partial charge >= 0.3 is 0 Å². The highest BCUT2D eigenvalue weighted by atomic mass is 35.5. The van der Waals surface area contributed by atoms with Gasteiger partial charge in [0.05, 0.1) is 6.10 Å². The summed E-state index contributed by atoms with van der Waals surface area (Å²) in [5.74, 6) is 0. The summed E-state index contributed by atoms with van der Waals surface area (Å²) in [6.45, 7) is 0. The molecule has 0 N–H and O–H groups in total. The molecule has 0 amide bonds. The molecule has 0 aromatic rings. The van der Waals surface area contributed by atoms with Crippen molar-refractivity contribution in [2.45, 2.75) is 43.8 Å². The fraction of sp³-hybridized carbons (Fsp3) is 0.875. The second-order valence-electron chi connectivity index (χ2n) is 3.37. The van der Waals surface area contributed by atoms with Crippen LogP contribution in [0.3, 0.4) is 0 Å². The lowest BCUT2D eigenvalue weighted by atomic mass is 10.0. The van der Waals surface area contributed by atoms with Gasteiger partial charge in [-0.1, -0.05) is 12.8 Å². The van der Waals surface area contributed by atoms with Gasteiger partial charge in [-0.2, -0.15) is 0 Å². The van der Waals surface area contributed by atoms with Crippen LogP contribution in [0.1, 0.15) is 32.1 Å². The van der Waals surface area contributed by atoms with Crippen LogP contribution in [0, 0.1) is 0 Å². The third kappa shape index (κ3) is 1.09. The minimum absolute atomic E-state index is 0.148. The Labute approximate surface area is 70.9 Å². The second kappa shape index (κ2) is 2.46. The Kier molecular flexibility index (Phi) is 1.69. The van der Waals surface area contributed by atoms with Gasteiger partial charge in [-0.3, -0.25) is 4.79 Å². The third-order valence-electron chi connectivity index (χ3n) is 2.66. The second-order valence-corrected chi connectivity index (χ2v) is 3.71. The molecule has 3 heteroatoms. The van der Waals surface area contributed by atoms with Crippen molar-refractivity contribution in [3.8, 4) is 0 Å². The molecule has 62 valence electrons. The quantitative estimate of drug-likeness (QED) is 0.449. The van der Waals surface area contributed by atoms with Crippen molar-refractivity contribution in [1.29, 1.82) is 0 Å². The molecule has 2 atom stereocenters. The van der Waals surface area contributed by atoms with E-state index in [1.165, 1.54) is 12.8 Å². The number of rotatable bonds is 1. The highest BCUT2D eigenvalue weighted by molar-refractivity contribution is 6.66. The Morgan fingerprint density at radius 3 is 3.00 bits per heavy atom. The molecule has 0 radical (unpaired) electrons. The molecule has 2 nitrogen and oxygen atoms in total. The average molecular weight is 175 g/mol. The highest BCUT2D eigenvalue weighted by Crippen LogP contribution is 2.47. The van der Waals surface area contributed by atoms with E-state index in [9.17, 15) is 4.79 Å². The zero-order valence-electron chi connectivity index (χ0n) is 6.31. The first-order valence-corrected chi connectivity index (χ1v) is 4.51. The van der Waals surface area contributed by atoms with Crippen LogP contribution < -0.4 is 0 Å². The van der Waals surface area contributed by atoms with Crippen molar-refractivity contribution in [3.05, 3.63) is 0 Å². The van der Waals surface area contributed by atoms with Gasteiger partial charge in [0.25, 0.3) is 5.24 Å². The van der Waals surface area contributed by atoms with Crippen molar-refractivity contribution in [2.75, 3.05) is 0 Å². The van der Waals surface area contributed by atoms with E-state index in [2.05, 4.69) is 0 Å². The predicted molar refractivity (Wildman–Crippen MR) is 41.5 cm³/mol. The Morgan fingerprint density at radius 1 is 1.45 bits per heavy atom. The molecular weight excluding hydrogens is 164 g/mol. The molecule has 0 aromatic carbocycles. The Bertz CT molecular complexity index is 193. The van der Waals surface area contributed by atoms with Crippen LogP contribution >= 0.6 is 11.6 Å². The van der Waals surface area contributed by atoms with Gasteiger partial charge in [-0.15, -0.1) is 0 Å². The van der Waals surface area contributed by atoms with Gasteiger partial charge < -0.3 is 4.74 Å². The molecule has 2 aliphatic rings. The summed E-state index contributed by atoms with van der Waals surface area (Å²) in [5.41, 5.74) is -0.544. The SMILES string of the molecule is O=C(Cl)C12CCCCCC1O2. The maximum atomic E-state index is 11.0. The van der Waals surface area contributed by atoms with E-state index >= 15 is 0 Å². The molecule has 0 aromatic heterocycles. The summed E-state index contributed by atoms with van der Waals surface area (Å²) in [4.78, 5) is 11.0. The largest absolute Gasteiger partial charge is 0.356 e. The lowest BCUT2D eigenvalue weighted by Gasteiger charge is -2.02. The third-order valence-corrected chi connectivity index (χ3v) is 2.98. The molecule has 1 saturated heterocycles. The Morgan fingerprint density at radius 2 is 2.27 bits per heavy atom. The van der Waals surface area contributed by atoms with Crippen LogP contribution in [0.5, 0.6) is 0 Å². The van der Waals surface area contributed by atoms with E-state index in [1.54, 1.807) is 0 Å². The molecule has 1 aliphatic heterocycles. The molecule has 2 rings (SSSR count). The van der Waals surface area contributed by atoms with Crippen molar-refractivity contribution in [2.24, 2.45) is 0 Å². The van der Waals surface area contributed by atoms with E-state index < -0.39 is 5.60 Å². The van der Waals surface area contributed by atoms with E-state index in [-0.39, 0.29) is 11.3 Å². The van der Waals surface area contributed by atoms with Gasteiger partial charge in [0.2, 0.25) is 0 Å². The number of ether oxygens (including phenoxy) is 1. The van der Waals surface area contributed by atoms with Crippen LogP contribution in [0.25, 0.3) is 0 Å². The predicted octanol–water partition coefficient (Wildman–Crippen LogP) is 1.85. The van der Waals surface area contributed by atoms with Gasteiger partial charge in [-0.25, -0.2) is 0 Å². The summed E-state index contributed by atoms with van der Waals surface area (Å²) in [6, 6.07) is 0. The van der Waals surface area contributed by atoms with Crippen LogP contribution in [0.4, 0.5) is 0 Å². The van der Waals surface area contributed by atoms with Crippen molar-refractivity contribution >= 4 is 16.8 Å². The Balaban J connectivity index is 2.10. The van der Waals surface area contributed by atoms with Crippen LogP contribution in [0.15, 0.2) is 0 Å². The van der Waals surface area contributed by atoms with Crippen molar-refractivity contribution in [1.82, 2.24) is 0 Å². The summed E-state index contributed by atoms with van der Waals surface area (Å²) < 4.78 is 5.33. The van der Waals surface area contributed by atoms with Gasteiger partial charge in [0, 0.05) is 0 Å². The summed E-state index contributed by atoms with van der Waals surface area (Å²) >= 11 is 5.45. The fourth-order valence-electron chi connectivity index (χ4n) is 1.90. The van der Waals surface area contributed by atoms with Crippen molar-refractivity contribution < 1.29 is 9.53 Å². The normalized spacial score (nSPS) is 42.5. The molecule has 1 saturated carbocycles. The fourth-order valence-corrected chi connectivity index (χ4v) is 2.16. The first kappa shape index (κ1) is 7.56. The molecule has 2 fully saturated rings. The lowest BCUT2D eigenvalue weighted by Crippen LogP contribution is -2.21. The lowest BCUT2D eigenvalue weighted by molar-refractivity contribution is -0.116. The molecule has 0 spiro atoms. The summed E-state index contributed by atoms with van der Waals surface area (Å²) in [5, 5.41) is -0.288. The first-order chi connectivity index (χ1) is 5.26. The van der Waals surface area contributed by atoms with Crippen molar-refractivity contribution in [3.63, 3.8) is 0 Å². The topological polar surface area (TPSA) is 29.6 Å². The maximum absolute atomic E-state index is 11.0. The van der Waals surface area contributed by atoms with E-state index in [1.807, 2.05) is 0 Å². The number of epoxide rings is 1. The van der Waals surface area contributed by atoms with Crippen LogP contribution in [-0.4, -0.2) is 16.9 Å². The maximum Gasteiger partial charge on any atom is 0.256 e. The highest BCUT2D eigenvalue weighted by Gasteiger charge is 2.61. The average Bonchev–Trinajstić information content (AvgIpc) is 2.57. The smallest absolute Gasteiger partial charge is 0.256 e.